The Kier molecular flexibility index (Phi) is 7.13. The van der Waals surface area contributed by atoms with Crippen LogP contribution >= 0.6 is 11.3 Å². The molecule has 1 aromatic heterocycles. The first-order chi connectivity index (χ1) is 13.5. The van der Waals surface area contributed by atoms with E-state index < -0.39 is 9.84 Å². The van der Waals surface area contributed by atoms with Crippen molar-refractivity contribution in [1.82, 2.24) is 4.90 Å². The van der Waals surface area contributed by atoms with E-state index in [9.17, 15) is 13.2 Å². The molecule has 0 spiro atoms. The van der Waals surface area contributed by atoms with Crippen LogP contribution in [-0.4, -0.2) is 43.4 Å². The first-order valence-electron chi connectivity index (χ1n) is 9.75. The van der Waals surface area contributed by atoms with Crippen LogP contribution in [0.15, 0.2) is 41.8 Å². The van der Waals surface area contributed by atoms with Crippen molar-refractivity contribution >= 4 is 27.1 Å². The highest BCUT2D eigenvalue weighted by Crippen LogP contribution is 2.24. The Morgan fingerprint density at radius 1 is 1.21 bits per heavy atom. The summed E-state index contributed by atoms with van der Waals surface area (Å²) >= 11 is 1.57. The molecule has 0 radical (unpaired) electrons. The molecule has 152 valence electrons. The van der Waals surface area contributed by atoms with Gasteiger partial charge in [-0.15, -0.1) is 11.3 Å². The van der Waals surface area contributed by atoms with Gasteiger partial charge in [0.2, 0.25) is 0 Å². The lowest BCUT2D eigenvalue weighted by Gasteiger charge is -2.28. The maximum Gasteiger partial charge on any atom is 0.254 e. The number of thiophene rings is 1. The minimum absolute atomic E-state index is 0.0444. The quantitative estimate of drug-likeness (QED) is 0.571. The first-order valence-corrected chi connectivity index (χ1v) is 12.5. The topological polar surface area (TPSA) is 63.7 Å². The molecule has 0 aliphatic carbocycles. The molecule has 28 heavy (non-hydrogen) atoms. The number of carbonyl (C=O) groups is 1. The fourth-order valence-electron chi connectivity index (χ4n) is 3.36. The molecule has 0 N–H and O–H groups in total. The van der Waals surface area contributed by atoms with Gasteiger partial charge in [-0.1, -0.05) is 25.8 Å². The summed E-state index contributed by atoms with van der Waals surface area (Å²) in [6.45, 7) is 3.26. The van der Waals surface area contributed by atoms with Crippen LogP contribution in [0.5, 0.6) is 5.75 Å². The van der Waals surface area contributed by atoms with Gasteiger partial charge in [-0.05, 0) is 48.6 Å². The SMILES string of the molecule is CCCCCOc1ccc(C(=O)N(Cc2cccs2)C2CCS(=O)(=O)C2)cc1. The minimum Gasteiger partial charge on any atom is -0.494 e. The van der Waals surface area contributed by atoms with Crippen molar-refractivity contribution in [2.75, 3.05) is 18.1 Å². The average Bonchev–Trinajstić information content (AvgIpc) is 3.32. The van der Waals surface area contributed by atoms with Crippen LogP contribution in [0.3, 0.4) is 0 Å². The number of hydrogen-bond acceptors (Lipinski definition) is 5. The van der Waals surface area contributed by atoms with E-state index in [1.54, 1.807) is 28.4 Å². The largest absolute Gasteiger partial charge is 0.494 e. The van der Waals surface area contributed by atoms with E-state index in [0.29, 0.717) is 25.1 Å². The van der Waals surface area contributed by atoms with Crippen molar-refractivity contribution < 1.29 is 17.9 Å². The van der Waals surface area contributed by atoms with Crippen LogP contribution in [0.4, 0.5) is 0 Å². The van der Waals surface area contributed by atoms with E-state index in [1.165, 1.54) is 0 Å². The van der Waals surface area contributed by atoms with Gasteiger partial charge in [-0.25, -0.2) is 8.42 Å². The number of benzene rings is 1. The van der Waals surface area contributed by atoms with Crippen LogP contribution < -0.4 is 4.74 Å². The Morgan fingerprint density at radius 2 is 2.00 bits per heavy atom. The maximum absolute atomic E-state index is 13.2. The maximum atomic E-state index is 13.2. The number of hydrogen-bond donors (Lipinski definition) is 0. The van der Waals surface area contributed by atoms with E-state index in [0.717, 1.165) is 29.9 Å². The molecule has 1 saturated heterocycles. The van der Waals surface area contributed by atoms with Crippen molar-refractivity contribution in [1.29, 1.82) is 0 Å². The Balaban J connectivity index is 1.71. The molecule has 1 amide bonds. The summed E-state index contributed by atoms with van der Waals surface area (Å²) < 4.78 is 29.6. The average molecular weight is 422 g/mol. The van der Waals surface area contributed by atoms with Gasteiger partial charge in [0.25, 0.3) is 5.91 Å². The molecule has 1 aromatic carbocycles. The van der Waals surface area contributed by atoms with Crippen LogP contribution in [-0.2, 0) is 16.4 Å². The molecule has 1 fully saturated rings. The molecule has 1 aliphatic heterocycles. The number of nitrogens with zero attached hydrogens (tertiary/aromatic N) is 1. The van der Waals surface area contributed by atoms with Crippen molar-refractivity contribution in [3.05, 3.63) is 52.2 Å². The van der Waals surface area contributed by atoms with Crippen LogP contribution in [0.25, 0.3) is 0 Å². The number of amides is 1. The molecule has 1 unspecified atom stereocenters. The number of carbonyl (C=O) groups excluding carboxylic acids is 1. The van der Waals surface area contributed by atoms with E-state index >= 15 is 0 Å². The summed E-state index contributed by atoms with van der Waals surface area (Å²) in [6, 6.07) is 10.8. The Bertz CT molecular complexity index is 860. The monoisotopic (exact) mass is 421 g/mol. The van der Waals surface area contributed by atoms with Crippen LogP contribution in [0, 0.1) is 0 Å². The second-order valence-electron chi connectivity index (χ2n) is 7.15. The van der Waals surface area contributed by atoms with E-state index in [1.807, 2.05) is 29.6 Å². The van der Waals surface area contributed by atoms with Crippen molar-refractivity contribution in [3.8, 4) is 5.75 Å². The third-order valence-electron chi connectivity index (χ3n) is 4.93. The Hall–Kier alpha value is -1.86. The van der Waals surface area contributed by atoms with E-state index in [2.05, 4.69) is 6.92 Å². The Morgan fingerprint density at radius 3 is 2.61 bits per heavy atom. The number of unbranched alkanes of at least 4 members (excludes halogenated alkanes) is 2. The molecular weight excluding hydrogens is 394 g/mol. The number of ether oxygens (including phenoxy) is 1. The molecule has 1 atom stereocenters. The Labute approximate surface area is 171 Å². The highest BCUT2D eigenvalue weighted by atomic mass is 32.2. The highest BCUT2D eigenvalue weighted by molar-refractivity contribution is 7.91. The highest BCUT2D eigenvalue weighted by Gasteiger charge is 2.35. The van der Waals surface area contributed by atoms with E-state index in [-0.39, 0.29) is 23.5 Å². The molecule has 3 rings (SSSR count). The second kappa shape index (κ2) is 9.56. The summed E-state index contributed by atoms with van der Waals surface area (Å²) in [6.07, 6.45) is 3.80. The standard InChI is InChI=1S/C21H27NO4S2/c1-2-3-4-12-26-19-9-7-17(8-10-19)21(23)22(15-20-6-5-13-27-20)18-11-14-28(24,25)16-18/h5-10,13,18H,2-4,11-12,14-16H2,1H3. The summed E-state index contributed by atoms with van der Waals surface area (Å²) in [5.41, 5.74) is 0.557. The zero-order valence-electron chi connectivity index (χ0n) is 16.2. The molecule has 5 nitrogen and oxygen atoms in total. The van der Waals surface area contributed by atoms with Gasteiger partial charge in [0.1, 0.15) is 5.75 Å². The molecule has 1 aliphatic rings. The molecule has 2 heterocycles. The smallest absolute Gasteiger partial charge is 0.254 e. The fourth-order valence-corrected chi connectivity index (χ4v) is 5.79. The molecular formula is C21H27NO4S2. The molecule has 0 bridgehead atoms. The molecule has 7 heteroatoms. The van der Waals surface area contributed by atoms with Gasteiger partial charge in [0.05, 0.1) is 24.7 Å². The van der Waals surface area contributed by atoms with Crippen LogP contribution in [0.1, 0.15) is 47.8 Å². The third kappa shape index (κ3) is 5.58. The zero-order chi connectivity index (χ0) is 20.0. The lowest BCUT2D eigenvalue weighted by Crippen LogP contribution is -2.40. The molecule has 0 saturated carbocycles. The fraction of sp³-hybridized carbons (Fsp3) is 0.476. The molecule has 2 aromatic rings. The van der Waals surface area contributed by atoms with Gasteiger partial charge in [-0.3, -0.25) is 4.79 Å². The van der Waals surface area contributed by atoms with Gasteiger partial charge in [-0.2, -0.15) is 0 Å². The van der Waals surface area contributed by atoms with E-state index in [4.69, 9.17) is 4.74 Å². The van der Waals surface area contributed by atoms with Gasteiger partial charge < -0.3 is 9.64 Å². The second-order valence-corrected chi connectivity index (χ2v) is 10.4. The van der Waals surface area contributed by atoms with Gasteiger partial charge in [0, 0.05) is 16.5 Å². The summed E-state index contributed by atoms with van der Waals surface area (Å²) in [4.78, 5) is 15.9. The van der Waals surface area contributed by atoms with Gasteiger partial charge in [0.15, 0.2) is 9.84 Å². The predicted molar refractivity (Wildman–Crippen MR) is 113 cm³/mol. The van der Waals surface area contributed by atoms with Crippen molar-refractivity contribution in [2.24, 2.45) is 0 Å². The minimum atomic E-state index is -3.07. The number of sulfone groups is 1. The predicted octanol–water partition coefficient (Wildman–Crippen LogP) is 4.15. The summed E-state index contributed by atoms with van der Waals surface area (Å²) in [7, 11) is -3.07. The zero-order valence-corrected chi connectivity index (χ0v) is 17.8. The van der Waals surface area contributed by atoms with Gasteiger partial charge >= 0.3 is 0 Å². The van der Waals surface area contributed by atoms with Crippen LogP contribution in [0.2, 0.25) is 0 Å². The summed E-state index contributed by atoms with van der Waals surface area (Å²) in [5.74, 6) is 0.813. The first kappa shape index (κ1) is 20.9. The number of rotatable bonds is 9. The van der Waals surface area contributed by atoms with Crippen molar-refractivity contribution in [3.63, 3.8) is 0 Å². The lowest BCUT2D eigenvalue weighted by molar-refractivity contribution is 0.0683. The van der Waals surface area contributed by atoms with Crippen molar-refractivity contribution in [2.45, 2.75) is 45.2 Å². The summed E-state index contributed by atoms with van der Waals surface area (Å²) in [5, 5.41) is 1.97. The normalized spacial score (nSPS) is 18.1. The third-order valence-corrected chi connectivity index (χ3v) is 7.55. The lowest BCUT2D eigenvalue weighted by atomic mass is 10.1.